The Balaban J connectivity index is 1.56. The van der Waals surface area contributed by atoms with Crippen molar-refractivity contribution in [1.82, 2.24) is 10.0 Å². The van der Waals surface area contributed by atoms with Gasteiger partial charge in [0, 0.05) is 30.5 Å². The first-order valence-electron chi connectivity index (χ1n) is 9.49. The van der Waals surface area contributed by atoms with Crippen LogP contribution in [0.5, 0.6) is 0 Å². The second kappa shape index (κ2) is 9.94. The normalized spacial score (nSPS) is 16.1. The summed E-state index contributed by atoms with van der Waals surface area (Å²) in [6.45, 7) is 0.292. The lowest BCUT2D eigenvalue weighted by Gasteiger charge is -2.12. The molecule has 1 heterocycles. The number of anilines is 1. The molecule has 1 saturated heterocycles. The monoisotopic (exact) mass is 453 g/mol. The minimum absolute atomic E-state index is 0.0311. The van der Waals surface area contributed by atoms with E-state index in [0.29, 0.717) is 6.61 Å². The zero-order valence-corrected chi connectivity index (χ0v) is 17.2. The summed E-state index contributed by atoms with van der Waals surface area (Å²) < 4.78 is 58.9. The molecule has 0 bridgehead atoms. The number of benzene rings is 2. The molecule has 1 atom stereocenters. The molecule has 31 heavy (non-hydrogen) atoms. The van der Waals surface area contributed by atoms with Crippen molar-refractivity contribution in [3.05, 3.63) is 59.7 Å². The Morgan fingerprint density at radius 1 is 1.10 bits per heavy atom. The molecule has 0 unspecified atom stereocenters. The van der Waals surface area contributed by atoms with Crippen LogP contribution in [0.4, 0.5) is 14.5 Å². The van der Waals surface area contributed by atoms with Gasteiger partial charge in [-0.05, 0) is 43.2 Å². The number of carbonyl (C=O) groups is 2. The Morgan fingerprint density at radius 2 is 1.90 bits per heavy atom. The van der Waals surface area contributed by atoms with Crippen molar-refractivity contribution >= 4 is 27.5 Å². The Hall–Kier alpha value is -2.89. The minimum atomic E-state index is -3.84. The van der Waals surface area contributed by atoms with Gasteiger partial charge in [0.2, 0.25) is 15.9 Å². The maximum atomic E-state index is 13.2. The first kappa shape index (κ1) is 22.8. The largest absolute Gasteiger partial charge is 0.377 e. The lowest BCUT2D eigenvalue weighted by molar-refractivity contribution is -0.115. The van der Waals surface area contributed by atoms with Gasteiger partial charge in [-0.2, -0.15) is 0 Å². The Bertz CT molecular complexity index is 1070. The van der Waals surface area contributed by atoms with Crippen LogP contribution in [-0.4, -0.2) is 46.0 Å². The Morgan fingerprint density at radius 3 is 2.61 bits per heavy atom. The fourth-order valence-electron chi connectivity index (χ4n) is 2.94. The third-order valence-electron chi connectivity index (χ3n) is 4.54. The molecule has 1 fully saturated rings. The van der Waals surface area contributed by atoms with Crippen LogP contribution in [0.15, 0.2) is 47.4 Å². The molecule has 1 aliphatic heterocycles. The first-order valence-corrected chi connectivity index (χ1v) is 11.0. The van der Waals surface area contributed by atoms with E-state index in [4.69, 9.17) is 4.74 Å². The fourth-order valence-corrected chi connectivity index (χ4v) is 4.05. The first-order chi connectivity index (χ1) is 14.7. The third-order valence-corrected chi connectivity index (χ3v) is 5.97. The lowest BCUT2D eigenvalue weighted by Crippen LogP contribution is -2.33. The van der Waals surface area contributed by atoms with Gasteiger partial charge in [-0.1, -0.05) is 6.07 Å². The van der Waals surface area contributed by atoms with Gasteiger partial charge in [-0.25, -0.2) is 21.9 Å². The molecule has 2 aromatic carbocycles. The van der Waals surface area contributed by atoms with Crippen LogP contribution in [0.2, 0.25) is 0 Å². The summed E-state index contributed by atoms with van der Waals surface area (Å²) >= 11 is 0. The number of carbonyl (C=O) groups excluding carboxylic acids is 2. The van der Waals surface area contributed by atoms with E-state index in [1.54, 1.807) is 0 Å². The van der Waals surface area contributed by atoms with Crippen LogP contribution < -0.4 is 15.4 Å². The van der Waals surface area contributed by atoms with Crippen LogP contribution in [0.3, 0.4) is 0 Å². The second-order valence-corrected chi connectivity index (χ2v) is 8.64. The summed E-state index contributed by atoms with van der Waals surface area (Å²) in [5.41, 5.74) is 0.0733. The molecule has 8 nitrogen and oxygen atoms in total. The van der Waals surface area contributed by atoms with Crippen molar-refractivity contribution in [2.24, 2.45) is 0 Å². The van der Waals surface area contributed by atoms with E-state index in [2.05, 4.69) is 15.4 Å². The average molecular weight is 453 g/mol. The zero-order valence-electron chi connectivity index (χ0n) is 16.4. The predicted octanol–water partition coefficient (Wildman–Crippen LogP) is 1.79. The van der Waals surface area contributed by atoms with Crippen LogP contribution in [0.1, 0.15) is 23.2 Å². The molecule has 0 radical (unpaired) electrons. The average Bonchev–Trinajstić information content (AvgIpc) is 3.27. The number of ether oxygens (including phenoxy) is 1. The van der Waals surface area contributed by atoms with Gasteiger partial charge in [0.15, 0.2) is 11.6 Å². The number of amides is 2. The molecule has 0 aromatic heterocycles. The highest BCUT2D eigenvalue weighted by atomic mass is 32.2. The molecule has 2 aromatic rings. The van der Waals surface area contributed by atoms with E-state index < -0.39 is 40.0 Å². The summed E-state index contributed by atoms with van der Waals surface area (Å²) in [5, 5.41) is 4.66. The Labute approximate surface area is 178 Å². The van der Waals surface area contributed by atoms with Crippen LogP contribution in [0.25, 0.3) is 0 Å². The summed E-state index contributed by atoms with van der Waals surface area (Å²) in [5.74, 6) is -3.50. The Kier molecular flexibility index (Phi) is 7.31. The number of hydrogen-bond acceptors (Lipinski definition) is 5. The van der Waals surface area contributed by atoms with Crippen molar-refractivity contribution in [2.75, 3.05) is 25.0 Å². The van der Waals surface area contributed by atoms with Gasteiger partial charge in [-0.15, -0.1) is 0 Å². The molecule has 3 N–H and O–H groups in total. The number of halogens is 2. The van der Waals surface area contributed by atoms with Crippen LogP contribution in [-0.2, 0) is 19.6 Å². The highest BCUT2D eigenvalue weighted by Gasteiger charge is 2.21. The molecular weight excluding hydrogens is 432 g/mol. The van der Waals surface area contributed by atoms with Gasteiger partial charge < -0.3 is 15.4 Å². The van der Waals surface area contributed by atoms with Crippen LogP contribution >= 0.6 is 0 Å². The van der Waals surface area contributed by atoms with Crippen molar-refractivity contribution < 1.29 is 31.5 Å². The maximum Gasteiger partial charge on any atom is 0.251 e. The van der Waals surface area contributed by atoms with Crippen LogP contribution in [0, 0.1) is 11.6 Å². The third kappa shape index (κ3) is 6.29. The molecule has 1 aliphatic rings. The highest BCUT2D eigenvalue weighted by molar-refractivity contribution is 7.89. The van der Waals surface area contributed by atoms with E-state index in [9.17, 15) is 26.8 Å². The van der Waals surface area contributed by atoms with E-state index in [1.807, 2.05) is 0 Å². The number of sulfonamides is 1. The molecule has 11 heteroatoms. The van der Waals surface area contributed by atoms with Gasteiger partial charge >= 0.3 is 0 Å². The fraction of sp³-hybridized carbons (Fsp3) is 0.300. The molecule has 166 valence electrons. The molecule has 3 rings (SSSR count). The topological polar surface area (TPSA) is 114 Å². The van der Waals surface area contributed by atoms with Crippen molar-refractivity contribution in [3.63, 3.8) is 0 Å². The summed E-state index contributed by atoms with van der Waals surface area (Å²) in [4.78, 5) is 24.1. The smallest absolute Gasteiger partial charge is 0.251 e. The van der Waals surface area contributed by atoms with Gasteiger partial charge in [0.05, 0.1) is 17.5 Å². The van der Waals surface area contributed by atoms with Crippen molar-refractivity contribution in [2.45, 2.75) is 23.8 Å². The van der Waals surface area contributed by atoms with E-state index in [1.165, 1.54) is 30.3 Å². The molecule has 0 spiro atoms. The number of nitrogens with one attached hydrogen (secondary N) is 3. The quantitative estimate of drug-likeness (QED) is 0.564. The van der Waals surface area contributed by atoms with Gasteiger partial charge in [-0.3, -0.25) is 9.59 Å². The molecule has 0 saturated carbocycles. The van der Waals surface area contributed by atoms with E-state index >= 15 is 0 Å². The van der Waals surface area contributed by atoms with Gasteiger partial charge in [0.1, 0.15) is 0 Å². The number of hydrogen-bond donors (Lipinski definition) is 3. The highest BCUT2D eigenvalue weighted by Crippen LogP contribution is 2.15. The predicted molar refractivity (Wildman–Crippen MR) is 108 cm³/mol. The second-order valence-electron chi connectivity index (χ2n) is 6.87. The van der Waals surface area contributed by atoms with Crippen molar-refractivity contribution in [3.8, 4) is 0 Å². The summed E-state index contributed by atoms with van der Waals surface area (Å²) in [6, 6.07) is 8.22. The number of rotatable bonds is 8. The molecule has 0 aliphatic carbocycles. The van der Waals surface area contributed by atoms with E-state index in [0.717, 1.165) is 25.0 Å². The SMILES string of the molecule is O=C(CNC(=O)c1cccc(S(=O)(=O)NC[C@H]2CCCO2)c1)Nc1ccc(F)c(F)c1. The maximum absolute atomic E-state index is 13.2. The summed E-state index contributed by atoms with van der Waals surface area (Å²) in [6.07, 6.45) is 1.48. The summed E-state index contributed by atoms with van der Waals surface area (Å²) in [7, 11) is -3.84. The zero-order chi connectivity index (χ0) is 22.4. The van der Waals surface area contributed by atoms with Gasteiger partial charge in [0.25, 0.3) is 5.91 Å². The lowest BCUT2D eigenvalue weighted by atomic mass is 10.2. The molecular formula is C20H21F2N3O5S. The van der Waals surface area contributed by atoms with Crippen molar-refractivity contribution in [1.29, 1.82) is 0 Å². The minimum Gasteiger partial charge on any atom is -0.377 e. The standard InChI is InChI=1S/C20H21F2N3O5S/c21-17-7-6-14(10-18(17)22)25-19(26)12-23-20(27)13-3-1-5-16(9-13)31(28,29)24-11-15-4-2-8-30-15/h1,3,5-7,9-10,15,24H,2,4,8,11-12H2,(H,23,27)(H,25,26)/t15-/m1/s1. The van der Waals surface area contributed by atoms with E-state index in [-0.39, 0.29) is 28.8 Å². The molecule has 2 amide bonds.